The van der Waals surface area contributed by atoms with Crippen molar-refractivity contribution in [2.24, 2.45) is 11.3 Å². The molecule has 2 N–H and O–H groups in total. The summed E-state index contributed by atoms with van der Waals surface area (Å²) >= 11 is 0. The summed E-state index contributed by atoms with van der Waals surface area (Å²) in [5.74, 6) is -1.12. The number of hydrogen-bond acceptors (Lipinski definition) is 3. The van der Waals surface area contributed by atoms with Gasteiger partial charge in [-0.1, -0.05) is 54.6 Å². The number of carboxylic acids is 1. The number of aliphatic carboxylic acids is 1. The maximum Gasteiger partial charge on any atom is 0.309 e. The van der Waals surface area contributed by atoms with E-state index in [1.165, 1.54) is 22.4 Å². The molecule has 0 unspecified atom stereocenters. The van der Waals surface area contributed by atoms with Crippen LogP contribution in [0, 0.1) is 17.2 Å². The second kappa shape index (κ2) is 10.8. The quantitative estimate of drug-likeness (QED) is 0.400. The van der Waals surface area contributed by atoms with Crippen molar-refractivity contribution in [2.45, 2.75) is 45.6 Å². The molecule has 3 aromatic rings. The van der Waals surface area contributed by atoms with E-state index in [1.807, 2.05) is 23.1 Å². The van der Waals surface area contributed by atoms with Gasteiger partial charge in [-0.3, -0.25) is 9.59 Å². The fourth-order valence-electron chi connectivity index (χ4n) is 5.15. The highest BCUT2D eigenvalue weighted by molar-refractivity contribution is 5.86. The summed E-state index contributed by atoms with van der Waals surface area (Å²) in [6, 6.07) is 21.4. The van der Waals surface area contributed by atoms with Gasteiger partial charge in [-0.25, -0.2) is 4.39 Å². The third kappa shape index (κ3) is 5.76. The van der Waals surface area contributed by atoms with E-state index in [0.717, 1.165) is 5.56 Å². The fourth-order valence-corrected chi connectivity index (χ4v) is 5.15. The van der Waals surface area contributed by atoms with Crippen LogP contribution in [0.1, 0.15) is 56.7 Å². The topological polar surface area (TPSA) is 69.6 Å². The van der Waals surface area contributed by atoms with Crippen molar-refractivity contribution in [1.29, 1.82) is 0 Å². The van der Waals surface area contributed by atoms with Gasteiger partial charge in [-0.15, -0.1) is 0 Å². The van der Waals surface area contributed by atoms with Crippen LogP contribution in [-0.2, 0) is 9.59 Å². The molecule has 1 saturated heterocycles. The largest absolute Gasteiger partial charge is 0.481 e. The molecule has 190 valence electrons. The molecule has 4 rings (SSSR count). The zero-order valence-corrected chi connectivity index (χ0v) is 21.2. The van der Waals surface area contributed by atoms with Crippen molar-refractivity contribution >= 4 is 22.6 Å². The molecule has 1 heterocycles. The average molecular weight is 491 g/mol. The molecular weight excluding hydrogens is 455 g/mol. The monoisotopic (exact) mass is 490 g/mol. The lowest BCUT2D eigenvalue weighted by molar-refractivity contribution is -0.147. The molecule has 0 aliphatic carbocycles. The van der Waals surface area contributed by atoms with Crippen LogP contribution in [0.5, 0.6) is 0 Å². The van der Waals surface area contributed by atoms with E-state index in [9.17, 15) is 19.1 Å². The van der Waals surface area contributed by atoms with E-state index in [2.05, 4.69) is 42.6 Å². The molecule has 1 amide bonds. The molecule has 3 atom stereocenters. The molecule has 0 spiro atoms. The molecule has 0 bridgehead atoms. The van der Waals surface area contributed by atoms with Gasteiger partial charge >= 0.3 is 5.97 Å². The van der Waals surface area contributed by atoms with E-state index in [-0.39, 0.29) is 42.4 Å². The molecule has 36 heavy (non-hydrogen) atoms. The predicted molar refractivity (Wildman–Crippen MR) is 140 cm³/mol. The fraction of sp³-hybridized carbons (Fsp3) is 0.400. The van der Waals surface area contributed by atoms with Gasteiger partial charge in [0, 0.05) is 38.0 Å². The standard InChI is InChI=1S/C30H35FN2O3/c1-20(25-13-7-9-21-8-4-5-12-26(21)25)32-17-23-18-33(28(34)14-15-30(2,3)29(35)36)19-27(23)22-10-6-11-24(31)16-22/h4-13,16,20,23,27,32H,14-15,17-19H2,1-3H3,(H,35,36)/t20-,23+,27-/m1/s1. The number of fused-ring (bicyclic) bond motifs is 1. The third-order valence-electron chi connectivity index (χ3n) is 7.59. The summed E-state index contributed by atoms with van der Waals surface area (Å²) in [6.45, 7) is 7.17. The highest BCUT2D eigenvalue weighted by atomic mass is 19.1. The summed E-state index contributed by atoms with van der Waals surface area (Å²) in [5.41, 5.74) is 1.16. The molecule has 5 nitrogen and oxygen atoms in total. The molecular formula is C30H35FN2O3. The Hall–Kier alpha value is -3.25. The number of nitrogens with zero attached hydrogens (tertiary/aromatic N) is 1. The van der Waals surface area contributed by atoms with Crippen molar-refractivity contribution in [3.8, 4) is 0 Å². The maximum absolute atomic E-state index is 14.1. The van der Waals surface area contributed by atoms with Crippen molar-refractivity contribution in [2.75, 3.05) is 19.6 Å². The Morgan fingerprint density at radius 3 is 2.56 bits per heavy atom. The smallest absolute Gasteiger partial charge is 0.309 e. The number of carboxylic acid groups (broad SMARTS) is 1. The minimum Gasteiger partial charge on any atom is -0.481 e. The highest BCUT2D eigenvalue weighted by Gasteiger charge is 2.37. The number of amides is 1. The summed E-state index contributed by atoms with van der Waals surface area (Å²) in [4.78, 5) is 26.3. The van der Waals surface area contributed by atoms with Crippen LogP contribution >= 0.6 is 0 Å². The molecule has 0 saturated carbocycles. The second-order valence-corrected chi connectivity index (χ2v) is 10.6. The Balaban J connectivity index is 1.49. The van der Waals surface area contributed by atoms with Gasteiger partial charge in [0.15, 0.2) is 0 Å². The van der Waals surface area contributed by atoms with Gasteiger partial charge in [-0.2, -0.15) is 0 Å². The predicted octanol–water partition coefficient (Wildman–Crippen LogP) is 5.76. The molecule has 1 fully saturated rings. The lowest BCUT2D eigenvalue weighted by Gasteiger charge is -2.23. The zero-order chi connectivity index (χ0) is 25.9. The van der Waals surface area contributed by atoms with Crippen LogP contribution in [0.2, 0.25) is 0 Å². The van der Waals surface area contributed by atoms with Crippen LogP contribution in [0.4, 0.5) is 4.39 Å². The first-order chi connectivity index (χ1) is 17.2. The first kappa shape index (κ1) is 25.8. The van der Waals surface area contributed by atoms with Gasteiger partial charge in [0.1, 0.15) is 5.82 Å². The number of carbonyl (C=O) groups excluding carboxylic acids is 1. The number of carbonyl (C=O) groups is 2. The minimum atomic E-state index is -0.952. The highest BCUT2D eigenvalue weighted by Crippen LogP contribution is 2.35. The Morgan fingerprint density at radius 1 is 1.08 bits per heavy atom. The van der Waals surface area contributed by atoms with Crippen molar-refractivity contribution in [3.05, 3.63) is 83.7 Å². The summed E-state index contributed by atoms with van der Waals surface area (Å²) in [6.07, 6.45) is 0.463. The molecule has 0 aromatic heterocycles. The van der Waals surface area contributed by atoms with E-state index >= 15 is 0 Å². The Bertz CT molecular complexity index is 1240. The lowest BCUT2D eigenvalue weighted by Crippen LogP contribution is -2.33. The third-order valence-corrected chi connectivity index (χ3v) is 7.59. The first-order valence-electron chi connectivity index (χ1n) is 12.6. The number of likely N-dealkylation sites (tertiary alicyclic amines) is 1. The van der Waals surface area contributed by atoms with Crippen LogP contribution in [0.3, 0.4) is 0 Å². The normalized spacial score (nSPS) is 18.9. The summed E-state index contributed by atoms with van der Waals surface area (Å²) in [5, 5.41) is 15.5. The minimum absolute atomic E-state index is 0.00403. The van der Waals surface area contributed by atoms with E-state index in [4.69, 9.17) is 0 Å². The van der Waals surface area contributed by atoms with Crippen molar-refractivity contribution in [1.82, 2.24) is 10.2 Å². The number of rotatable bonds is 9. The van der Waals surface area contributed by atoms with E-state index < -0.39 is 11.4 Å². The van der Waals surface area contributed by atoms with Gasteiger partial charge in [0.2, 0.25) is 5.91 Å². The van der Waals surface area contributed by atoms with Crippen molar-refractivity contribution in [3.63, 3.8) is 0 Å². The second-order valence-electron chi connectivity index (χ2n) is 10.6. The van der Waals surface area contributed by atoms with Crippen LogP contribution in [-0.4, -0.2) is 41.5 Å². The van der Waals surface area contributed by atoms with Gasteiger partial charge in [-0.05, 0) is 67.1 Å². The van der Waals surface area contributed by atoms with E-state index in [1.54, 1.807) is 26.0 Å². The number of benzene rings is 3. The van der Waals surface area contributed by atoms with Gasteiger partial charge in [0.05, 0.1) is 5.41 Å². The molecule has 3 aromatic carbocycles. The Morgan fingerprint density at radius 2 is 1.81 bits per heavy atom. The lowest BCUT2D eigenvalue weighted by atomic mass is 9.88. The molecule has 0 radical (unpaired) electrons. The van der Waals surface area contributed by atoms with E-state index in [0.29, 0.717) is 19.6 Å². The Kier molecular flexibility index (Phi) is 7.74. The SMILES string of the molecule is C[C@@H](NC[C@H]1CN(C(=O)CCC(C)(C)C(=O)O)C[C@@H]1c1cccc(F)c1)c1cccc2ccccc12. The number of halogens is 1. The zero-order valence-electron chi connectivity index (χ0n) is 21.2. The first-order valence-corrected chi connectivity index (χ1v) is 12.6. The van der Waals surface area contributed by atoms with Gasteiger partial charge < -0.3 is 15.3 Å². The molecule has 6 heteroatoms. The molecule has 1 aliphatic heterocycles. The molecule has 1 aliphatic rings. The average Bonchev–Trinajstić information content (AvgIpc) is 3.30. The maximum atomic E-state index is 14.1. The number of nitrogens with one attached hydrogen (secondary N) is 1. The Labute approximate surface area is 212 Å². The van der Waals surface area contributed by atoms with Crippen LogP contribution < -0.4 is 5.32 Å². The van der Waals surface area contributed by atoms with Crippen molar-refractivity contribution < 1.29 is 19.1 Å². The van der Waals surface area contributed by atoms with Gasteiger partial charge in [0.25, 0.3) is 0 Å². The summed E-state index contributed by atoms with van der Waals surface area (Å²) in [7, 11) is 0. The van der Waals surface area contributed by atoms with Crippen LogP contribution in [0.25, 0.3) is 10.8 Å². The number of hydrogen-bond donors (Lipinski definition) is 2. The summed E-state index contributed by atoms with van der Waals surface area (Å²) < 4.78 is 14.1. The van der Waals surface area contributed by atoms with Crippen LogP contribution in [0.15, 0.2) is 66.7 Å².